The van der Waals surface area contributed by atoms with Crippen LogP contribution in [0.15, 0.2) is 106 Å². The van der Waals surface area contributed by atoms with Crippen LogP contribution in [0.4, 0.5) is 0 Å². The fraction of sp³-hybridized carbons (Fsp3) is 0.326. The Morgan fingerprint density at radius 3 is 2.43 bits per heavy atom. The van der Waals surface area contributed by atoms with E-state index in [9.17, 15) is 14.4 Å². The van der Waals surface area contributed by atoms with Crippen LogP contribution in [0.25, 0.3) is 22.0 Å². The molecule has 12 N–H and O–H groups in total. The topological polar surface area (TPSA) is 236 Å². The Labute approximate surface area is 343 Å². The highest BCUT2D eigenvalue weighted by atomic mass is 32.2. The maximum atomic E-state index is 14.7. The third kappa shape index (κ3) is 10.0. The van der Waals surface area contributed by atoms with Gasteiger partial charge in [-0.2, -0.15) is 5.10 Å². The molecule has 0 saturated carbocycles. The number of unbranched alkanes of at least 4 members (excludes halogenated alkanes) is 1. The molecule has 14 nitrogen and oxygen atoms in total. The third-order valence-electron chi connectivity index (χ3n) is 10.6. The molecule has 0 saturated heterocycles. The fourth-order valence-electron chi connectivity index (χ4n) is 7.27. The minimum atomic E-state index is -0.925. The molecule has 0 bridgehead atoms. The van der Waals surface area contributed by atoms with Crippen LogP contribution in [0.5, 0.6) is 0 Å². The highest BCUT2D eigenvalue weighted by molar-refractivity contribution is 7.99. The fourth-order valence-corrected chi connectivity index (χ4v) is 8.32. The average molecular weight is 804 g/mol. The molecular formula is C43H53N11O3S. The second-order valence-corrected chi connectivity index (χ2v) is 15.4. The van der Waals surface area contributed by atoms with Crippen molar-refractivity contribution in [2.45, 2.75) is 79.7 Å². The molecule has 2 aromatic heterocycles. The Balaban J connectivity index is 1.46. The van der Waals surface area contributed by atoms with Crippen molar-refractivity contribution in [1.29, 1.82) is 0 Å². The van der Waals surface area contributed by atoms with Crippen LogP contribution in [-0.2, 0) is 33.9 Å². The highest BCUT2D eigenvalue weighted by Crippen LogP contribution is 2.37. The molecule has 0 aliphatic carbocycles. The Bertz CT molecular complexity index is 2230. The predicted molar refractivity (Wildman–Crippen MR) is 229 cm³/mol. The van der Waals surface area contributed by atoms with Gasteiger partial charge in [0, 0.05) is 60.3 Å². The molecule has 15 heteroatoms. The summed E-state index contributed by atoms with van der Waals surface area (Å²) >= 11 is 1.48. The summed E-state index contributed by atoms with van der Waals surface area (Å²) in [5.74, 6) is 4.65. The molecular weight excluding hydrogens is 751 g/mol. The molecule has 0 fully saturated rings. The smallest absolute Gasteiger partial charge is 0.245 e. The molecule has 6 rings (SSSR count). The lowest BCUT2D eigenvalue weighted by Crippen LogP contribution is -2.57. The number of rotatable bonds is 11. The van der Waals surface area contributed by atoms with E-state index in [1.807, 2.05) is 85.1 Å². The number of nitrogens with zero attached hydrogens (tertiary/aromatic N) is 3. The molecule has 3 atom stereocenters. The summed E-state index contributed by atoms with van der Waals surface area (Å²) in [6.07, 6.45) is 6.57. The van der Waals surface area contributed by atoms with Crippen LogP contribution < -0.4 is 39.0 Å². The van der Waals surface area contributed by atoms with E-state index in [0.717, 1.165) is 48.6 Å². The van der Waals surface area contributed by atoms with Crippen LogP contribution in [-0.4, -0.2) is 76.7 Å². The number of amides is 3. The number of aromatic amines is 1. The van der Waals surface area contributed by atoms with Gasteiger partial charge in [-0.1, -0.05) is 72.4 Å². The van der Waals surface area contributed by atoms with Crippen molar-refractivity contribution in [3.63, 3.8) is 0 Å². The van der Waals surface area contributed by atoms with Crippen LogP contribution in [0.1, 0.15) is 54.4 Å². The first-order valence-electron chi connectivity index (χ1n) is 19.6. The summed E-state index contributed by atoms with van der Waals surface area (Å²) in [6, 6.07) is 22.8. The number of hydrazone groups is 1. The Morgan fingerprint density at radius 1 is 0.879 bits per heavy atom. The lowest BCUT2D eigenvalue weighted by atomic mass is 9.97. The van der Waals surface area contributed by atoms with Gasteiger partial charge in [-0.25, -0.2) is 4.98 Å². The number of amidine groups is 1. The average Bonchev–Trinajstić information content (AvgIpc) is 3.66. The summed E-state index contributed by atoms with van der Waals surface area (Å²) < 4.78 is 0. The number of nitrogens with one attached hydrogen (secondary N) is 4. The SMILES string of the molecule is CN1C(=O)[C@H](CCCCN)NC(=O)[C@H](CCCN)NCc2cccnc2Sc2cccc(-c3ccc(/C(N)=N/N)cc3)c2CNC(=O)[C@@H]1Cc1c[nH]c2ccccc12. The van der Waals surface area contributed by atoms with Gasteiger partial charge in [0.1, 0.15) is 22.9 Å². The summed E-state index contributed by atoms with van der Waals surface area (Å²) in [6.45, 7) is 1.35. The number of pyridine rings is 1. The molecule has 58 heavy (non-hydrogen) atoms. The van der Waals surface area contributed by atoms with E-state index < -0.39 is 18.1 Å². The van der Waals surface area contributed by atoms with E-state index in [0.29, 0.717) is 57.3 Å². The molecule has 1 aliphatic heterocycles. The minimum Gasteiger partial charge on any atom is -0.382 e. The number of H-pyrrole nitrogens is 1. The normalized spacial score (nSPS) is 18.6. The van der Waals surface area contributed by atoms with Gasteiger partial charge < -0.3 is 48.9 Å². The number of aromatic nitrogens is 2. The van der Waals surface area contributed by atoms with Crippen LogP contribution in [0.2, 0.25) is 0 Å². The zero-order valence-electron chi connectivity index (χ0n) is 32.7. The van der Waals surface area contributed by atoms with E-state index >= 15 is 0 Å². The molecule has 3 aromatic carbocycles. The largest absolute Gasteiger partial charge is 0.382 e. The van der Waals surface area contributed by atoms with Gasteiger partial charge in [0.25, 0.3) is 0 Å². The van der Waals surface area contributed by atoms with Gasteiger partial charge in [-0.3, -0.25) is 14.4 Å². The highest BCUT2D eigenvalue weighted by Gasteiger charge is 2.34. The molecule has 0 spiro atoms. The number of fused-ring (bicyclic) bond motifs is 3. The number of hydrogen-bond donors (Lipinski definition) is 8. The molecule has 1 aliphatic rings. The number of carbonyl (C=O) groups excluding carboxylic acids is 3. The second kappa shape index (κ2) is 20.1. The van der Waals surface area contributed by atoms with Gasteiger partial charge >= 0.3 is 0 Å². The van der Waals surface area contributed by atoms with Gasteiger partial charge in [-0.05, 0) is 91.2 Å². The van der Waals surface area contributed by atoms with Gasteiger partial charge in [0.05, 0.1) is 6.04 Å². The number of carbonyl (C=O) groups is 3. The van der Waals surface area contributed by atoms with Crippen molar-refractivity contribution in [1.82, 2.24) is 30.8 Å². The van der Waals surface area contributed by atoms with Gasteiger partial charge in [0.15, 0.2) is 0 Å². The number of likely N-dealkylation sites (N-methyl/N-ethyl adjacent to an activating group) is 1. The molecule has 0 radical (unpaired) electrons. The van der Waals surface area contributed by atoms with Crippen molar-refractivity contribution in [2.75, 3.05) is 20.1 Å². The number of hydrogen-bond acceptors (Lipinski definition) is 10. The second-order valence-electron chi connectivity index (χ2n) is 14.4. The molecule has 304 valence electrons. The van der Waals surface area contributed by atoms with Crippen molar-refractivity contribution < 1.29 is 14.4 Å². The summed E-state index contributed by atoms with van der Waals surface area (Å²) in [5, 5.41) is 15.1. The van der Waals surface area contributed by atoms with E-state index in [2.05, 4.69) is 26.0 Å². The minimum absolute atomic E-state index is 0.149. The van der Waals surface area contributed by atoms with Crippen LogP contribution in [0, 0.1) is 0 Å². The Hall–Kier alpha value is -5.74. The van der Waals surface area contributed by atoms with Crippen LogP contribution >= 0.6 is 11.8 Å². The third-order valence-corrected chi connectivity index (χ3v) is 11.7. The molecule has 5 aromatic rings. The summed E-state index contributed by atoms with van der Waals surface area (Å²) in [7, 11) is 1.64. The van der Waals surface area contributed by atoms with Crippen molar-refractivity contribution in [3.05, 3.63) is 114 Å². The quantitative estimate of drug-likeness (QED) is 0.0318. The number of benzene rings is 3. The van der Waals surface area contributed by atoms with Crippen molar-refractivity contribution in [2.24, 2.45) is 28.1 Å². The lowest BCUT2D eigenvalue weighted by Gasteiger charge is -2.32. The Kier molecular flexibility index (Phi) is 14.5. The maximum Gasteiger partial charge on any atom is 0.245 e. The monoisotopic (exact) mass is 803 g/mol. The molecule has 0 unspecified atom stereocenters. The summed E-state index contributed by atoms with van der Waals surface area (Å²) in [5.41, 5.74) is 23.8. The van der Waals surface area contributed by atoms with E-state index in [-0.39, 0.29) is 36.5 Å². The lowest BCUT2D eigenvalue weighted by molar-refractivity contribution is -0.142. The van der Waals surface area contributed by atoms with Gasteiger partial charge in [-0.15, -0.1) is 0 Å². The first kappa shape index (κ1) is 41.9. The zero-order chi connectivity index (χ0) is 41.0. The Morgan fingerprint density at radius 2 is 1.66 bits per heavy atom. The molecule has 3 amide bonds. The van der Waals surface area contributed by atoms with E-state index in [1.54, 1.807) is 13.2 Å². The van der Waals surface area contributed by atoms with E-state index in [1.165, 1.54) is 16.7 Å². The van der Waals surface area contributed by atoms with Crippen molar-refractivity contribution >= 4 is 46.2 Å². The van der Waals surface area contributed by atoms with Crippen molar-refractivity contribution in [3.8, 4) is 11.1 Å². The van der Waals surface area contributed by atoms with Crippen LogP contribution in [0.3, 0.4) is 0 Å². The first-order valence-corrected chi connectivity index (χ1v) is 20.4. The van der Waals surface area contributed by atoms with Gasteiger partial charge in [0.2, 0.25) is 17.7 Å². The molecule has 3 heterocycles. The summed E-state index contributed by atoms with van der Waals surface area (Å²) in [4.78, 5) is 53.8. The van der Waals surface area contributed by atoms with E-state index in [4.69, 9.17) is 28.0 Å². The first-order chi connectivity index (χ1) is 28.2. The number of para-hydroxylation sites is 1. The number of nitrogens with two attached hydrogens (primary N) is 4. The standard InChI is InChI=1S/C43H53N11O3S/c1-54-37(23-30-25-49-34-12-3-2-10-32(30)34)41(56)51-26-33-31(27-16-18-28(19-17-27)39(46)53-47)11-6-15-38(33)58-42-29(9-8-22-48-42)24-50-35(14-7-21-45)40(55)52-36(43(54)57)13-4-5-20-44/h2-3,6,8-12,15-19,22,25,35-37,49-50H,4-5,7,13-14,20-21,23-24,26,44-45,47H2,1H3,(H2,46,53)(H,51,56)(H,52,55)/t35-,36-,37-/m0/s1. The maximum absolute atomic E-state index is 14.7. The predicted octanol–water partition coefficient (Wildman–Crippen LogP) is 3.47. The zero-order valence-corrected chi connectivity index (χ0v) is 33.6.